The fourth-order valence-corrected chi connectivity index (χ4v) is 1.67. The fraction of sp³-hybridized carbons (Fsp3) is 0.400. The van der Waals surface area contributed by atoms with E-state index in [1.807, 2.05) is 12.1 Å². The molecule has 80 valence electrons. The lowest BCUT2D eigenvalue weighted by molar-refractivity contribution is 0.0820. The first-order chi connectivity index (χ1) is 7.27. The Hall–Kier alpha value is -1.78. The third kappa shape index (κ3) is 2.18. The highest BCUT2D eigenvalue weighted by Gasteiger charge is 2.28. The van der Waals surface area contributed by atoms with Crippen molar-refractivity contribution in [1.29, 1.82) is 0 Å². The smallest absolute Gasteiger partial charge is 0.317 e. The van der Waals surface area contributed by atoms with Crippen molar-refractivity contribution >= 4 is 6.03 Å². The van der Waals surface area contributed by atoms with Crippen LogP contribution in [0.2, 0.25) is 0 Å². The molecule has 2 amide bonds. The number of likely N-dealkylation sites (tertiary alicyclic amines) is 1. The summed E-state index contributed by atoms with van der Waals surface area (Å²) in [6, 6.07) is 4.98. The molecule has 1 fully saturated rings. The van der Waals surface area contributed by atoms with Gasteiger partial charge in [-0.05, 0) is 12.5 Å². The quantitative estimate of drug-likeness (QED) is 0.785. The van der Waals surface area contributed by atoms with Crippen molar-refractivity contribution in [2.75, 3.05) is 6.54 Å². The number of aromatic nitrogens is 1. The number of ether oxygens (including phenoxy) is 1. The van der Waals surface area contributed by atoms with Crippen LogP contribution in [0.5, 0.6) is 5.88 Å². The van der Waals surface area contributed by atoms with E-state index in [1.54, 1.807) is 12.3 Å². The van der Waals surface area contributed by atoms with Gasteiger partial charge in [-0.3, -0.25) is 4.90 Å². The Bertz CT molecular complexity index is 342. The minimum absolute atomic E-state index is 0.266. The molecule has 1 aliphatic rings. The lowest BCUT2D eigenvalue weighted by Crippen LogP contribution is -2.42. The summed E-state index contributed by atoms with van der Waals surface area (Å²) in [4.78, 5) is 16.6. The average Bonchev–Trinajstić information content (AvgIpc) is 2.67. The lowest BCUT2D eigenvalue weighted by Gasteiger charge is -2.22. The van der Waals surface area contributed by atoms with Crippen LogP contribution in [0.1, 0.15) is 12.8 Å². The molecule has 1 unspecified atom stereocenters. The van der Waals surface area contributed by atoms with Gasteiger partial charge in [0.05, 0.1) is 0 Å². The third-order valence-corrected chi connectivity index (χ3v) is 2.38. The second-order valence-corrected chi connectivity index (χ2v) is 3.41. The summed E-state index contributed by atoms with van der Waals surface area (Å²) in [5.74, 6) is 0.524. The number of primary amides is 1. The van der Waals surface area contributed by atoms with Gasteiger partial charge in [0.25, 0.3) is 0 Å². The molecule has 1 saturated heterocycles. The number of pyridine rings is 1. The molecule has 0 spiro atoms. The Labute approximate surface area is 87.8 Å². The summed E-state index contributed by atoms with van der Waals surface area (Å²) in [7, 11) is 0. The van der Waals surface area contributed by atoms with Crippen LogP contribution in [-0.4, -0.2) is 28.7 Å². The van der Waals surface area contributed by atoms with Crippen LogP contribution < -0.4 is 10.5 Å². The SMILES string of the molecule is NC(=O)N1CCCC1Oc1ccccn1. The van der Waals surface area contributed by atoms with E-state index < -0.39 is 6.03 Å². The van der Waals surface area contributed by atoms with E-state index in [2.05, 4.69) is 4.98 Å². The van der Waals surface area contributed by atoms with Gasteiger partial charge in [0.2, 0.25) is 5.88 Å². The first-order valence-electron chi connectivity index (χ1n) is 4.91. The predicted molar refractivity (Wildman–Crippen MR) is 54.2 cm³/mol. The summed E-state index contributed by atoms with van der Waals surface area (Å²) in [5, 5.41) is 0. The predicted octanol–water partition coefficient (Wildman–Crippen LogP) is 0.961. The monoisotopic (exact) mass is 207 g/mol. The summed E-state index contributed by atoms with van der Waals surface area (Å²) >= 11 is 0. The summed E-state index contributed by atoms with van der Waals surface area (Å²) in [6.07, 6.45) is 3.11. The zero-order chi connectivity index (χ0) is 10.7. The summed E-state index contributed by atoms with van der Waals surface area (Å²) < 4.78 is 5.56. The van der Waals surface area contributed by atoms with Crippen LogP contribution in [-0.2, 0) is 0 Å². The molecule has 5 heteroatoms. The van der Waals surface area contributed by atoms with Crippen LogP contribution >= 0.6 is 0 Å². The maximum Gasteiger partial charge on any atom is 0.317 e. The van der Waals surface area contributed by atoms with Crippen LogP contribution in [0.3, 0.4) is 0 Å². The van der Waals surface area contributed by atoms with Crippen LogP contribution in [0.25, 0.3) is 0 Å². The number of urea groups is 1. The molecular formula is C10H13N3O2. The first kappa shape index (κ1) is 9.76. The Morgan fingerprint density at radius 2 is 2.47 bits per heavy atom. The van der Waals surface area contributed by atoms with Crippen molar-refractivity contribution in [3.05, 3.63) is 24.4 Å². The minimum atomic E-state index is -0.437. The molecule has 0 aromatic carbocycles. The molecular weight excluding hydrogens is 194 g/mol. The Morgan fingerprint density at radius 1 is 1.60 bits per heavy atom. The highest BCUT2D eigenvalue weighted by molar-refractivity contribution is 5.72. The van der Waals surface area contributed by atoms with Gasteiger partial charge in [-0.25, -0.2) is 9.78 Å². The number of nitrogens with zero attached hydrogens (tertiary/aromatic N) is 2. The van der Waals surface area contributed by atoms with Gasteiger partial charge in [-0.1, -0.05) is 6.07 Å². The maximum atomic E-state index is 11.0. The lowest BCUT2D eigenvalue weighted by atomic mass is 10.4. The Kier molecular flexibility index (Phi) is 2.71. The Balaban J connectivity index is 2.03. The molecule has 1 atom stereocenters. The van der Waals surface area contributed by atoms with E-state index in [9.17, 15) is 4.79 Å². The van der Waals surface area contributed by atoms with Gasteiger partial charge >= 0.3 is 6.03 Å². The number of carbonyl (C=O) groups is 1. The first-order valence-corrected chi connectivity index (χ1v) is 4.91. The van der Waals surface area contributed by atoms with E-state index in [4.69, 9.17) is 10.5 Å². The zero-order valence-corrected chi connectivity index (χ0v) is 8.30. The van der Waals surface area contributed by atoms with Crippen molar-refractivity contribution in [2.45, 2.75) is 19.1 Å². The molecule has 2 N–H and O–H groups in total. The van der Waals surface area contributed by atoms with Crippen LogP contribution in [0.4, 0.5) is 4.79 Å². The second kappa shape index (κ2) is 4.16. The number of hydrogen-bond acceptors (Lipinski definition) is 3. The summed E-state index contributed by atoms with van der Waals surface area (Å²) in [5.41, 5.74) is 5.23. The minimum Gasteiger partial charge on any atom is -0.453 e. The molecule has 0 bridgehead atoms. The van der Waals surface area contributed by atoms with Crippen LogP contribution in [0, 0.1) is 0 Å². The number of amides is 2. The molecule has 2 rings (SSSR count). The Morgan fingerprint density at radius 3 is 3.13 bits per heavy atom. The van der Waals surface area contributed by atoms with Crippen molar-refractivity contribution in [3.8, 4) is 5.88 Å². The summed E-state index contributed by atoms with van der Waals surface area (Å²) in [6.45, 7) is 0.660. The van der Waals surface area contributed by atoms with E-state index >= 15 is 0 Å². The largest absolute Gasteiger partial charge is 0.453 e. The zero-order valence-electron chi connectivity index (χ0n) is 8.30. The van der Waals surface area contributed by atoms with Gasteiger partial charge in [-0.15, -0.1) is 0 Å². The standard InChI is InChI=1S/C10H13N3O2/c11-10(14)13-7-3-5-9(13)15-8-4-1-2-6-12-8/h1-2,4,6,9H,3,5,7H2,(H2,11,14). The number of hydrogen-bond donors (Lipinski definition) is 1. The molecule has 0 saturated carbocycles. The van der Waals surface area contributed by atoms with Gasteiger partial charge in [0, 0.05) is 25.2 Å². The van der Waals surface area contributed by atoms with Crippen molar-refractivity contribution in [2.24, 2.45) is 5.73 Å². The van der Waals surface area contributed by atoms with E-state index in [1.165, 1.54) is 4.90 Å². The molecule has 15 heavy (non-hydrogen) atoms. The number of rotatable bonds is 2. The maximum absolute atomic E-state index is 11.0. The number of carbonyl (C=O) groups excluding carboxylic acids is 1. The molecule has 2 heterocycles. The normalized spacial score (nSPS) is 20.3. The molecule has 0 radical (unpaired) electrons. The van der Waals surface area contributed by atoms with Crippen molar-refractivity contribution in [1.82, 2.24) is 9.88 Å². The van der Waals surface area contributed by atoms with Gasteiger partial charge in [0.15, 0.2) is 6.23 Å². The van der Waals surface area contributed by atoms with Crippen molar-refractivity contribution < 1.29 is 9.53 Å². The molecule has 1 aliphatic heterocycles. The van der Waals surface area contributed by atoms with Gasteiger partial charge < -0.3 is 10.5 Å². The van der Waals surface area contributed by atoms with E-state index in [-0.39, 0.29) is 6.23 Å². The van der Waals surface area contributed by atoms with E-state index in [0.29, 0.717) is 12.4 Å². The highest BCUT2D eigenvalue weighted by Crippen LogP contribution is 2.19. The average molecular weight is 207 g/mol. The topological polar surface area (TPSA) is 68.5 Å². The molecule has 1 aromatic rings. The second-order valence-electron chi connectivity index (χ2n) is 3.41. The van der Waals surface area contributed by atoms with Crippen molar-refractivity contribution in [3.63, 3.8) is 0 Å². The highest BCUT2D eigenvalue weighted by atomic mass is 16.5. The third-order valence-electron chi connectivity index (χ3n) is 2.38. The molecule has 0 aliphatic carbocycles. The van der Waals surface area contributed by atoms with E-state index in [0.717, 1.165) is 12.8 Å². The molecule has 5 nitrogen and oxygen atoms in total. The van der Waals surface area contributed by atoms with Crippen LogP contribution in [0.15, 0.2) is 24.4 Å². The van der Waals surface area contributed by atoms with Gasteiger partial charge in [-0.2, -0.15) is 0 Å². The molecule has 1 aromatic heterocycles. The van der Waals surface area contributed by atoms with Gasteiger partial charge in [0.1, 0.15) is 0 Å². The fourth-order valence-electron chi connectivity index (χ4n) is 1.67. The number of nitrogens with two attached hydrogens (primary N) is 1.